The molecule has 0 bridgehead atoms. The smallest absolute Gasteiger partial charge is 0.302 e. The van der Waals surface area contributed by atoms with E-state index in [1.54, 1.807) is 0 Å². The zero-order chi connectivity index (χ0) is 17.8. The van der Waals surface area contributed by atoms with E-state index < -0.39 is 0 Å². The van der Waals surface area contributed by atoms with Gasteiger partial charge in [0.15, 0.2) is 0 Å². The predicted molar refractivity (Wildman–Crippen MR) is 96.8 cm³/mol. The maximum atomic E-state index is 10.8. The Morgan fingerprint density at radius 2 is 2.20 bits per heavy atom. The van der Waals surface area contributed by atoms with Crippen molar-refractivity contribution in [3.8, 4) is 0 Å². The number of fused-ring (bicyclic) bond motifs is 1. The molecule has 2 aliphatic heterocycles. The zero-order valence-corrected chi connectivity index (χ0v) is 15.6. The number of carbonyl (C=O) groups is 1. The van der Waals surface area contributed by atoms with Gasteiger partial charge < -0.3 is 14.5 Å². The molecule has 1 aromatic rings. The van der Waals surface area contributed by atoms with Gasteiger partial charge in [-0.15, -0.1) is 0 Å². The Labute approximate surface area is 154 Å². The molecule has 7 heteroatoms. The molecule has 0 amide bonds. The van der Waals surface area contributed by atoms with Gasteiger partial charge in [-0.05, 0) is 30.5 Å². The molecule has 1 aromatic heterocycles. The second-order valence-electron chi connectivity index (χ2n) is 6.67. The van der Waals surface area contributed by atoms with Gasteiger partial charge in [-0.3, -0.25) is 9.69 Å². The van der Waals surface area contributed by atoms with Crippen molar-refractivity contribution in [3.05, 3.63) is 40.4 Å². The Balaban J connectivity index is 1.57. The summed E-state index contributed by atoms with van der Waals surface area (Å²) in [5.41, 5.74) is 2.56. The molecule has 0 atom stereocenters. The molecule has 0 aliphatic carbocycles. The molecule has 3 rings (SSSR count). The van der Waals surface area contributed by atoms with Crippen LogP contribution >= 0.6 is 11.6 Å². The van der Waals surface area contributed by atoms with Crippen molar-refractivity contribution in [2.24, 2.45) is 0 Å². The molecular weight excluding hydrogens is 340 g/mol. The number of nitrogens with zero attached hydrogens (tertiary/aromatic N) is 4. The predicted octanol–water partition coefficient (Wildman–Crippen LogP) is 2.31. The van der Waals surface area contributed by atoms with Crippen LogP contribution in [0.3, 0.4) is 0 Å². The highest BCUT2D eigenvalue weighted by Gasteiger charge is 2.31. The normalized spacial score (nSPS) is 17.9. The van der Waals surface area contributed by atoms with Crippen LogP contribution in [-0.2, 0) is 16.1 Å². The Hall–Kier alpha value is -1.79. The highest BCUT2D eigenvalue weighted by atomic mass is 35.5. The van der Waals surface area contributed by atoms with E-state index in [1.807, 2.05) is 18.3 Å². The second-order valence-corrected chi connectivity index (χ2v) is 7.05. The third-order valence-corrected chi connectivity index (χ3v) is 4.76. The van der Waals surface area contributed by atoms with E-state index in [1.165, 1.54) is 23.9 Å². The van der Waals surface area contributed by atoms with Crippen LogP contribution in [0.5, 0.6) is 0 Å². The lowest BCUT2D eigenvalue weighted by molar-refractivity contribution is -0.141. The van der Waals surface area contributed by atoms with Gasteiger partial charge in [0.1, 0.15) is 11.0 Å². The van der Waals surface area contributed by atoms with Crippen LogP contribution in [-0.4, -0.2) is 65.1 Å². The van der Waals surface area contributed by atoms with Gasteiger partial charge >= 0.3 is 5.97 Å². The summed E-state index contributed by atoms with van der Waals surface area (Å²) in [5.74, 6) is 1.15. The molecule has 0 unspecified atom stereocenters. The molecule has 25 heavy (non-hydrogen) atoms. The number of aromatic nitrogens is 1. The van der Waals surface area contributed by atoms with Crippen molar-refractivity contribution in [3.63, 3.8) is 0 Å². The molecule has 2 aliphatic rings. The lowest BCUT2D eigenvalue weighted by Crippen LogP contribution is -2.43. The summed E-state index contributed by atoms with van der Waals surface area (Å²) in [6.45, 7) is 9.91. The third-order valence-electron chi connectivity index (χ3n) is 4.54. The molecule has 1 fully saturated rings. The lowest BCUT2D eigenvalue weighted by atomic mass is 10.2. The van der Waals surface area contributed by atoms with Crippen LogP contribution in [0, 0.1) is 0 Å². The van der Waals surface area contributed by atoms with Crippen LogP contribution in [0.2, 0.25) is 5.15 Å². The summed E-state index contributed by atoms with van der Waals surface area (Å²) in [4.78, 5) is 22.3. The van der Waals surface area contributed by atoms with Crippen molar-refractivity contribution in [1.82, 2.24) is 19.7 Å². The van der Waals surface area contributed by atoms with Crippen LogP contribution in [0.1, 0.15) is 25.8 Å². The summed E-state index contributed by atoms with van der Waals surface area (Å²) >= 11 is 5.87. The highest BCUT2D eigenvalue weighted by molar-refractivity contribution is 6.29. The Bertz CT molecular complexity index is 647. The first-order chi connectivity index (χ1) is 12.0. The van der Waals surface area contributed by atoms with Gasteiger partial charge in [0, 0.05) is 45.8 Å². The van der Waals surface area contributed by atoms with E-state index in [0.29, 0.717) is 11.8 Å². The van der Waals surface area contributed by atoms with Crippen LogP contribution < -0.4 is 0 Å². The maximum absolute atomic E-state index is 10.8. The summed E-state index contributed by atoms with van der Waals surface area (Å²) in [6.07, 6.45) is 2.72. The molecule has 0 N–H and O–H groups in total. The first-order valence-corrected chi connectivity index (χ1v) is 9.06. The van der Waals surface area contributed by atoms with Gasteiger partial charge in [-0.1, -0.05) is 17.7 Å². The van der Waals surface area contributed by atoms with E-state index in [4.69, 9.17) is 16.3 Å². The molecule has 0 aromatic carbocycles. The van der Waals surface area contributed by atoms with Gasteiger partial charge in [0.05, 0.1) is 13.3 Å². The number of esters is 1. The first-order valence-electron chi connectivity index (χ1n) is 8.68. The largest absolute Gasteiger partial charge is 0.466 e. The topological polar surface area (TPSA) is 48.9 Å². The van der Waals surface area contributed by atoms with Crippen molar-refractivity contribution in [1.29, 1.82) is 0 Å². The number of rotatable bonds is 6. The maximum Gasteiger partial charge on any atom is 0.302 e. The van der Waals surface area contributed by atoms with Gasteiger partial charge in [0.25, 0.3) is 0 Å². The zero-order valence-electron chi connectivity index (χ0n) is 14.9. The average molecular weight is 365 g/mol. The number of hydrogen-bond donors (Lipinski definition) is 0. The minimum absolute atomic E-state index is 0.205. The van der Waals surface area contributed by atoms with Crippen molar-refractivity contribution in [2.75, 3.05) is 39.5 Å². The number of ether oxygens (including phenoxy) is 1. The molecule has 1 saturated heterocycles. The summed E-state index contributed by atoms with van der Waals surface area (Å²) in [5, 5.41) is 0.532. The number of hydrogen-bond acceptors (Lipinski definition) is 6. The van der Waals surface area contributed by atoms with E-state index in [-0.39, 0.29) is 5.97 Å². The average Bonchev–Trinajstić information content (AvgIpc) is 2.97. The van der Waals surface area contributed by atoms with E-state index >= 15 is 0 Å². The molecular formula is C18H25ClN4O2. The van der Waals surface area contributed by atoms with E-state index in [2.05, 4.69) is 26.6 Å². The Kier molecular flexibility index (Phi) is 5.81. The van der Waals surface area contributed by atoms with Crippen LogP contribution in [0.4, 0.5) is 0 Å². The quantitative estimate of drug-likeness (QED) is 0.438. The fourth-order valence-corrected chi connectivity index (χ4v) is 3.67. The van der Waals surface area contributed by atoms with Crippen LogP contribution in [0.15, 0.2) is 29.7 Å². The minimum atomic E-state index is -0.205. The number of carbonyl (C=O) groups excluding carboxylic acids is 1. The first kappa shape index (κ1) is 18.0. The third kappa shape index (κ3) is 4.64. The Morgan fingerprint density at radius 3 is 2.92 bits per heavy atom. The SMILES string of the molecule is CC(=O)OCCCN1CC(C)=C2N(Cc3ccc(Cl)nc3)CCN2C1. The van der Waals surface area contributed by atoms with E-state index in [0.717, 1.165) is 45.8 Å². The molecule has 0 saturated carbocycles. The molecule has 136 valence electrons. The summed E-state index contributed by atoms with van der Waals surface area (Å²) in [6, 6.07) is 3.88. The fraction of sp³-hybridized carbons (Fsp3) is 0.556. The van der Waals surface area contributed by atoms with Crippen molar-refractivity contribution in [2.45, 2.75) is 26.8 Å². The number of halogens is 1. The van der Waals surface area contributed by atoms with Crippen LogP contribution in [0.25, 0.3) is 0 Å². The molecule has 0 radical (unpaired) electrons. The highest BCUT2D eigenvalue weighted by Crippen LogP contribution is 2.28. The number of pyridine rings is 1. The summed E-state index contributed by atoms with van der Waals surface area (Å²) < 4.78 is 5.02. The van der Waals surface area contributed by atoms with Crippen molar-refractivity contribution < 1.29 is 9.53 Å². The fourth-order valence-electron chi connectivity index (χ4n) is 3.56. The molecule has 0 spiro atoms. The molecule has 3 heterocycles. The standard InChI is InChI=1S/C18H25ClN4O2/c1-14-11-21(6-3-9-25-15(2)24)13-23-8-7-22(18(14)23)12-16-4-5-17(19)20-10-16/h4-5,10H,3,6-9,11-13H2,1-2H3. The lowest BCUT2D eigenvalue weighted by Gasteiger charge is -2.37. The van der Waals surface area contributed by atoms with Gasteiger partial charge in [-0.25, -0.2) is 4.98 Å². The second kappa shape index (κ2) is 8.06. The van der Waals surface area contributed by atoms with Gasteiger partial charge in [0.2, 0.25) is 0 Å². The Morgan fingerprint density at radius 1 is 1.36 bits per heavy atom. The van der Waals surface area contributed by atoms with Gasteiger partial charge in [-0.2, -0.15) is 0 Å². The van der Waals surface area contributed by atoms with E-state index in [9.17, 15) is 4.79 Å². The van der Waals surface area contributed by atoms with Crippen molar-refractivity contribution >= 4 is 17.6 Å². The monoisotopic (exact) mass is 364 g/mol. The molecule has 6 nitrogen and oxygen atoms in total. The summed E-state index contributed by atoms with van der Waals surface area (Å²) in [7, 11) is 0. The minimum Gasteiger partial charge on any atom is -0.466 e.